The fourth-order valence-electron chi connectivity index (χ4n) is 6.69. The lowest BCUT2D eigenvalue weighted by Gasteiger charge is -2.36. The van der Waals surface area contributed by atoms with Crippen molar-refractivity contribution in [1.29, 1.82) is 0 Å². The first kappa shape index (κ1) is 32.5. The Morgan fingerprint density at radius 3 is 2.50 bits per heavy atom. The Labute approximate surface area is 285 Å². The van der Waals surface area contributed by atoms with E-state index in [9.17, 15) is 33.9 Å². The van der Waals surface area contributed by atoms with Gasteiger partial charge in [-0.25, -0.2) is 0 Å². The average Bonchev–Trinajstić information content (AvgIpc) is 3.85. The zero-order chi connectivity index (χ0) is 35.1. The molecule has 3 atom stereocenters. The topological polar surface area (TPSA) is 217 Å². The summed E-state index contributed by atoms with van der Waals surface area (Å²) in [6, 6.07) is 11.9. The van der Waals surface area contributed by atoms with Gasteiger partial charge < -0.3 is 30.7 Å². The molecule has 5 N–H and O–H groups in total. The van der Waals surface area contributed by atoms with Crippen molar-refractivity contribution in [1.82, 2.24) is 30.6 Å². The van der Waals surface area contributed by atoms with Gasteiger partial charge in [-0.15, -0.1) is 10.2 Å². The van der Waals surface area contributed by atoms with E-state index < -0.39 is 42.2 Å². The molecule has 2 aromatic carbocycles. The third-order valence-corrected chi connectivity index (χ3v) is 9.50. The number of piperidine rings is 1. The number of nitrogens with one attached hydrogen (secondary N) is 2. The van der Waals surface area contributed by atoms with Crippen LogP contribution in [0.5, 0.6) is 11.5 Å². The van der Waals surface area contributed by atoms with E-state index in [-0.39, 0.29) is 65.6 Å². The first-order chi connectivity index (χ1) is 24.1. The van der Waals surface area contributed by atoms with Crippen molar-refractivity contribution in [3.63, 3.8) is 0 Å². The third kappa shape index (κ3) is 6.15. The van der Waals surface area contributed by atoms with E-state index in [1.54, 1.807) is 30.3 Å². The van der Waals surface area contributed by atoms with Crippen molar-refractivity contribution in [3.8, 4) is 22.8 Å². The molecule has 0 radical (unpaired) electrons. The van der Waals surface area contributed by atoms with Crippen LogP contribution in [0, 0.1) is 11.8 Å². The number of nitrogens with two attached hydrogens (primary N) is 1. The summed E-state index contributed by atoms with van der Waals surface area (Å²) in [5.74, 6) is -2.86. The van der Waals surface area contributed by atoms with Crippen LogP contribution in [-0.4, -0.2) is 106 Å². The van der Waals surface area contributed by atoms with E-state index in [0.29, 0.717) is 49.5 Å². The molecule has 6 amide bonds. The van der Waals surface area contributed by atoms with Crippen LogP contribution in [0.4, 0.5) is 11.5 Å². The third-order valence-electron chi connectivity index (χ3n) is 9.50. The molecular formula is C34H34N8O8. The van der Waals surface area contributed by atoms with Crippen LogP contribution in [-0.2, 0) is 19.2 Å². The lowest BCUT2D eigenvalue weighted by molar-refractivity contribution is -0.136. The fraction of sp³-hybridized carbons (Fsp3) is 0.353. The lowest BCUT2D eigenvalue weighted by Crippen LogP contribution is -2.54. The van der Waals surface area contributed by atoms with Gasteiger partial charge in [-0.1, -0.05) is 18.2 Å². The molecule has 16 nitrogen and oxygen atoms in total. The highest BCUT2D eigenvalue weighted by Crippen LogP contribution is 2.40. The number of ether oxygens (including phenoxy) is 1. The van der Waals surface area contributed by atoms with Gasteiger partial charge in [0.05, 0.1) is 22.5 Å². The Balaban J connectivity index is 0.880. The molecule has 4 heterocycles. The first-order valence-electron chi connectivity index (χ1n) is 16.3. The molecule has 258 valence electrons. The number of amides is 6. The van der Waals surface area contributed by atoms with Gasteiger partial charge in [0.25, 0.3) is 17.7 Å². The van der Waals surface area contributed by atoms with Crippen molar-refractivity contribution in [2.45, 2.75) is 25.3 Å². The smallest absolute Gasteiger partial charge is 0.266 e. The van der Waals surface area contributed by atoms with Crippen LogP contribution in [0.3, 0.4) is 0 Å². The second kappa shape index (κ2) is 13.1. The quantitative estimate of drug-likeness (QED) is 0.224. The molecule has 1 aliphatic carbocycles. The second-order valence-electron chi connectivity index (χ2n) is 12.7. The van der Waals surface area contributed by atoms with Crippen molar-refractivity contribution in [2.75, 3.05) is 50.0 Å². The maximum Gasteiger partial charge on any atom is 0.266 e. The number of hydrogen-bond donors (Lipinski definition) is 4. The zero-order valence-electron chi connectivity index (χ0n) is 26.8. The minimum Gasteiger partial charge on any atom is -0.507 e. The normalized spacial score (nSPS) is 21.5. The number of phenols is 1. The number of nitrogens with zero attached hydrogens (tertiary/aromatic N) is 5. The van der Waals surface area contributed by atoms with Gasteiger partial charge in [0.15, 0.2) is 12.4 Å². The number of imide groups is 2. The van der Waals surface area contributed by atoms with Gasteiger partial charge >= 0.3 is 0 Å². The minimum atomic E-state index is -1.11. The van der Waals surface area contributed by atoms with Gasteiger partial charge in [-0.05, 0) is 49.1 Å². The first-order valence-corrected chi connectivity index (χ1v) is 16.3. The molecule has 16 heteroatoms. The van der Waals surface area contributed by atoms with E-state index in [0.717, 1.165) is 4.90 Å². The maximum absolute atomic E-state index is 13.2. The number of hydrogen-bond acceptors (Lipinski definition) is 12. The number of para-hydroxylation sites is 1. The monoisotopic (exact) mass is 682 g/mol. The van der Waals surface area contributed by atoms with Crippen molar-refractivity contribution >= 4 is 46.9 Å². The number of anilines is 2. The molecule has 3 aliphatic heterocycles. The molecule has 1 saturated carbocycles. The van der Waals surface area contributed by atoms with E-state index >= 15 is 0 Å². The molecule has 4 aliphatic rings. The minimum absolute atomic E-state index is 0.000837. The fourth-order valence-corrected chi connectivity index (χ4v) is 6.69. The maximum atomic E-state index is 13.2. The molecule has 7 rings (SSSR count). The van der Waals surface area contributed by atoms with Gasteiger partial charge in [-0.2, -0.15) is 0 Å². The number of fused-ring (bicyclic) bond motifs is 1. The summed E-state index contributed by atoms with van der Waals surface area (Å²) in [7, 11) is 0. The molecule has 3 fully saturated rings. The summed E-state index contributed by atoms with van der Waals surface area (Å²) in [5.41, 5.74) is 7.87. The van der Waals surface area contributed by atoms with Gasteiger partial charge in [-0.3, -0.25) is 39.0 Å². The Kier molecular flexibility index (Phi) is 8.51. The summed E-state index contributed by atoms with van der Waals surface area (Å²) >= 11 is 0. The molecule has 3 unspecified atom stereocenters. The average molecular weight is 683 g/mol. The van der Waals surface area contributed by atoms with Crippen LogP contribution in [0.2, 0.25) is 0 Å². The van der Waals surface area contributed by atoms with Gasteiger partial charge in [0.1, 0.15) is 17.5 Å². The summed E-state index contributed by atoms with van der Waals surface area (Å²) in [6.07, 6.45) is 0.669. The number of carbonyl (C=O) groups is 6. The Bertz CT molecular complexity index is 1930. The van der Waals surface area contributed by atoms with E-state index in [1.165, 1.54) is 18.2 Å². The number of aromatic nitrogens is 2. The van der Waals surface area contributed by atoms with Crippen LogP contribution in [0.1, 0.15) is 40.0 Å². The number of piperazine rings is 1. The largest absolute Gasteiger partial charge is 0.507 e. The predicted octanol–water partition coefficient (Wildman–Crippen LogP) is 0.313. The zero-order valence-corrected chi connectivity index (χ0v) is 26.8. The molecule has 50 heavy (non-hydrogen) atoms. The number of aromatic hydroxyl groups is 1. The Hall–Kier alpha value is -6.06. The molecule has 0 spiro atoms. The summed E-state index contributed by atoms with van der Waals surface area (Å²) in [4.78, 5) is 80.8. The van der Waals surface area contributed by atoms with Crippen LogP contribution in [0.25, 0.3) is 11.3 Å². The molecular weight excluding hydrogens is 648 g/mol. The molecule has 0 bridgehead atoms. The number of rotatable bonds is 9. The Morgan fingerprint density at radius 1 is 0.980 bits per heavy atom. The second-order valence-corrected chi connectivity index (χ2v) is 12.7. The highest BCUT2D eigenvalue weighted by molar-refractivity contribution is 6.24. The van der Waals surface area contributed by atoms with E-state index in [4.69, 9.17) is 10.5 Å². The standard InChI is InChI=1S/C34H34N8O8/c35-30-24(15-22(38-39-30)19-4-1-2-6-25(19)43)40-10-12-41(13-11-40)32(47)21-14-18(21)16-36-28(45)17-50-26-7-3-5-20-29(26)34(49)42(33(20)48)23-8-9-27(44)37-31(23)46/h1-7,15,18,21,23,43H,8-14,16-17H2,(H2,35,39)(H,36,45)(H,37,44,46). The number of phenolic OH excluding ortho intramolecular Hbond substituents is 1. The summed E-state index contributed by atoms with van der Waals surface area (Å²) in [6.45, 7) is 1.90. The van der Waals surface area contributed by atoms with Crippen LogP contribution >= 0.6 is 0 Å². The predicted molar refractivity (Wildman–Crippen MR) is 176 cm³/mol. The van der Waals surface area contributed by atoms with E-state index in [1.807, 2.05) is 9.80 Å². The molecule has 2 saturated heterocycles. The molecule has 1 aromatic heterocycles. The van der Waals surface area contributed by atoms with Crippen LogP contribution in [0.15, 0.2) is 48.5 Å². The number of nitrogen functional groups attached to an aromatic ring is 1. The SMILES string of the molecule is Nc1nnc(-c2ccccc2O)cc1N1CCN(C(=O)C2CC2CNC(=O)COc2cccc3c2C(=O)N(C2CCC(=O)NC2=O)C3=O)CC1. The molecule has 3 aromatic rings. The highest BCUT2D eigenvalue weighted by Gasteiger charge is 2.47. The number of carbonyl (C=O) groups excluding carboxylic acids is 6. The summed E-state index contributed by atoms with van der Waals surface area (Å²) < 4.78 is 5.65. The highest BCUT2D eigenvalue weighted by atomic mass is 16.5. The van der Waals surface area contributed by atoms with Crippen LogP contribution < -0.4 is 26.0 Å². The lowest BCUT2D eigenvalue weighted by atomic mass is 10.0. The van der Waals surface area contributed by atoms with Gasteiger partial charge in [0, 0.05) is 50.6 Å². The number of benzene rings is 2. The van der Waals surface area contributed by atoms with E-state index in [2.05, 4.69) is 20.8 Å². The van der Waals surface area contributed by atoms with Crippen molar-refractivity contribution < 1.29 is 38.6 Å². The van der Waals surface area contributed by atoms with Crippen molar-refractivity contribution in [3.05, 3.63) is 59.7 Å². The van der Waals surface area contributed by atoms with Gasteiger partial charge in [0.2, 0.25) is 17.7 Å². The van der Waals surface area contributed by atoms with Crippen molar-refractivity contribution in [2.24, 2.45) is 11.8 Å². The Morgan fingerprint density at radius 2 is 1.74 bits per heavy atom. The summed E-state index contributed by atoms with van der Waals surface area (Å²) in [5, 5.41) is 23.4.